The van der Waals surface area contributed by atoms with Crippen LogP contribution in [0.2, 0.25) is 0 Å². The number of benzene rings is 1. The van der Waals surface area contributed by atoms with E-state index in [4.69, 9.17) is 9.47 Å². The summed E-state index contributed by atoms with van der Waals surface area (Å²) in [5.41, 5.74) is 1.03. The van der Waals surface area contributed by atoms with E-state index < -0.39 is 0 Å². The van der Waals surface area contributed by atoms with Gasteiger partial charge in [0, 0.05) is 7.11 Å². The van der Waals surface area contributed by atoms with Crippen LogP contribution in [-0.2, 0) is 4.74 Å². The van der Waals surface area contributed by atoms with E-state index in [9.17, 15) is 0 Å². The third-order valence-corrected chi connectivity index (χ3v) is 2.74. The molecule has 1 atom stereocenters. The summed E-state index contributed by atoms with van der Waals surface area (Å²) in [6.45, 7) is 9.12. The van der Waals surface area contributed by atoms with E-state index in [1.54, 1.807) is 7.11 Å². The van der Waals surface area contributed by atoms with Gasteiger partial charge in [0.1, 0.15) is 5.75 Å². The normalized spacial score (nSPS) is 12.8. The van der Waals surface area contributed by atoms with Gasteiger partial charge in [-0.05, 0) is 31.9 Å². The molecule has 102 valence electrons. The molecule has 0 bridgehead atoms. The fourth-order valence-corrected chi connectivity index (χ4v) is 1.72. The zero-order chi connectivity index (χ0) is 13.5. The molecule has 3 nitrogen and oxygen atoms in total. The Bertz CT molecular complexity index is 350. The van der Waals surface area contributed by atoms with Crippen LogP contribution in [0.15, 0.2) is 24.3 Å². The third kappa shape index (κ3) is 4.57. The van der Waals surface area contributed by atoms with Crippen molar-refractivity contribution in [2.75, 3.05) is 19.0 Å². The maximum absolute atomic E-state index is 5.80. The molecule has 0 fully saturated rings. The van der Waals surface area contributed by atoms with E-state index in [1.165, 1.54) is 0 Å². The summed E-state index contributed by atoms with van der Waals surface area (Å²) in [6, 6.07) is 8.32. The zero-order valence-electron chi connectivity index (χ0n) is 12.1. The smallest absolute Gasteiger partial charge is 0.142 e. The summed E-state index contributed by atoms with van der Waals surface area (Å²) in [7, 11) is 1.73. The van der Waals surface area contributed by atoms with E-state index >= 15 is 0 Å². The van der Waals surface area contributed by atoms with Crippen LogP contribution in [0.25, 0.3) is 0 Å². The van der Waals surface area contributed by atoms with Crippen molar-refractivity contribution in [3.63, 3.8) is 0 Å². The Morgan fingerprint density at radius 3 is 2.33 bits per heavy atom. The molecule has 1 aromatic rings. The minimum Gasteiger partial charge on any atom is -0.489 e. The summed E-state index contributed by atoms with van der Waals surface area (Å²) in [5.74, 6) is 1.39. The van der Waals surface area contributed by atoms with Crippen molar-refractivity contribution in [2.24, 2.45) is 5.92 Å². The maximum Gasteiger partial charge on any atom is 0.142 e. The molecule has 0 spiro atoms. The Labute approximate surface area is 110 Å². The van der Waals surface area contributed by atoms with Gasteiger partial charge in [-0.25, -0.2) is 0 Å². The standard InChI is InChI=1S/C15H25NO2/c1-11(2)14(10-17-5)16-13-8-6-7-9-15(13)18-12(3)4/h6-9,11-12,14,16H,10H2,1-5H3. The van der Waals surface area contributed by atoms with Crippen LogP contribution in [0.5, 0.6) is 5.75 Å². The Hall–Kier alpha value is -1.22. The summed E-state index contributed by atoms with van der Waals surface area (Å²) >= 11 is 0. The van der Waals surface area contributed by atoms with Crippen LogP contribution >= 0.6 is 0 Å². The van der Waals surface area contributed by atoms with Crippen molar-refractivity contribution in [3.8, 4) is 5.75 Å². The van der Waals surface area contributed by atoms with Gasteiger partial charge in [-0.15, -0.1) is 0 Å². The Morgan fingerprint density at radius 2 is 1.78 bits per heavy atom. The van der Waals surface area contributed by atoms with Gasteiger partial charge >= 0.3 is 0 Å². The molecule has 0 amide bonds. The number of para-hydroxylation sites is 2. The van der Waals surface area contributed by atoms with Gasteiger partial charge in [-0.2, -0.15) is 0 Å². The largest absolute Gasteiger partial charge is 0.489 e. The number of rotatable bonds is 7. The highest BCUT2D eigenvalue weighted by Gasteiger charge is 2.15. The first-order valence-corrected chi connectivity index (χ1v) is 6.55. The van der Waals surface area contributed by atoms with Crippen LogP contribution in [0.4, 0.5) is 5.69 Å². The lowest BCUT2D eigenvalue weighted by Crippen LogP contribution is -2.30. The van der Waals surface area contributed by atoms with Crippen molar-refractivity contribution < 1.29 is 9.47 Å². The maximum atomic E-state index is 5.80. The molecule has 1 rings (SSSR count). The first kappa shape index (κ1) is 14.8. The quantitative estimate of drug-likeness (QED) is 0.803. The minimum absolute atomic E-state index is 0.174. The number of ether oxygens (including phenoxy) is 2. The lowest BCUT2D eigenvalue weighted by atomic mass is 10.0. The molecule has 0 saturated carbocycles. The highest BCUT2D eigenvalue weighted by Crippen LogP contribution is 2.26. The molecule has 0 aliphatic heterocycles. The van der Waals surface area contributed by atoms with Crippen molar-refractivity contribution in [1.29, 1.82) is 0 Å². The summed E-state index contributed by atoms with van der Waals surface area (Å²) in [5, 5.41) is 3.50. The second kappa shape index (κ2) is 7.27. The molecule has 1 unspecified atom stereocenters. The van der Waals surface area contributed by atoms with Crippen molar-refractivity contribution in [1.82, 2.24) is 0 Å². The van der Waals surface area contributed by atoms with Gasteiger partial charge < -0.3 is 14.8 Å². The molecule has 0 heterocycles. The van der Waals surface area contributed by atoms with Crippen molar-refractivity contribution >= 4 is 5.69 Å². The van der Waals surface area contributed by atoms with Gasteiger partial charge in [-0.1, -0.05) is 26.0 Å². The molecule has 0 aliphatic carbocycles. The molecule has 3 heteroatoms. The Morgan fingerprint density at radius 1 is 1.11 bits per heavy atom. The van der Waals surface area contributed by atoms with Crippen LogP contribution in [0.3, 0.4) is 0 Å². The van der Waals surface area contributed by atoms with Crippen LogP contribution in [0.1, 0.15) is 27.7 Å². The Balaban J connectivity index is 2.81. The summed E-state index contributed by atoms with van der Waals surface area (Å²) in [6.07, 6.45) is 0.174. The molecule has 0 aliphatic rings. The number of hydrogen-bond donors (Lipinski definition) is 1. The topological polar surface area (TPSA) is 30.5 Å². The molecule has 0 aromatic heterocycles. The lowest BCUT2D eigenvalue weighted by Gasteiger charge is -2.24. The van der Waals surface area contributed by atoms with Crippen molar-refractivity contribution in [3.05, 3.63) is 24.3 Å². The number of methoxy groups -OCH3 is 1. The highest BCUT2D eigenvalue weighted by atomic mass is 16.5. The molecular weight excluding hydrogens is 226 g/mol. The molecule has 0 radical (unpaired) electrons. The third-order valence-electron chi connectivity index (χ3n) is 2.74. The number of hydrogen-bond acceptors (Lipinski definition) is 3. The van der Waals surface area contributed by atoms with E-state index in [0.717, 1.165) is 11.4 Å². The zero-order valence-corrected chi connectivity index (χ0v) is 12.1. The van der Waals surface area contributed by atoms with Crippen LogP contribution in [-0.4, -0.2) is 25.9 Å². The minimum atomic E-state index is 0.174. The molecule has 1 aromatic carbocycles. The molecule has 1 N–H and O–H groups in total. The molecule has 18 heavy (non-hydrogen) atoms. The predicted molar refractivity (Wildman–Crippen MR) is 76.3 cm³/mol. The summed E-state index contributed by atoms with van der Waals surface area (Å²) < 4.78 is 11.1. The monoisotopic (exact) mass is 251 g/mol. The fourth-order valence-electron chi connectivity index (χ4n) is 1.72. The van der Waals surface area contributed by atoms with E-state index in [-0.39, 0.29) is 12.1 Å². The summed E-state index contributed by atoms with van der Waals surface area (Å²) in [4.78, 5) is 0. The van der Waals surface area contributed by atoms with Crippen molar-refractivity contribution in [2.45, 2.75) is 39.8 Å². The fraction of sp³-hybridized carbons (Fsp3) is 0.600. The van der Waals surface area contributed by atoms with Crippen LogP contribution < -0.4 is 10.1 Å². The number of anilines is 1. The highest BCUT2D eigenvalue weighted by molar-refractivity contribution is 5.56. The first-order chi connectivity index (χ1) is 8.54. The van der Waals surface area contributed by atoms with Gasteiger partial charge in [0.2, 0.25) is 0 Å². The molecule has 0 saturated heterocycles. The average Bonchev–Trinajstić information content (AvgIpc) is 2.30. The van der Waals surface area contributed by atoms with E-state index in [2.05, 4.69) is 19.2 Å². The number of nitrogens with one attached hydrogen (secondary N) is 1. The molecular formula is C15H25NO2. The Kier molecular flexibility index (Phi) is 5.99. The first-order valence-electron chi connectivity index (χ1n) is 6.55. The predicted octanol–water partition coefficient (Wildman–Crippen LogP) is 3.56. The second-order valence-corrected chi connectivity index (χ2v) is 5.11. The van der Waals surface area contributed by atoms with Gasteiger partial charge in [0.25, 0.3) is 0 Å². The lowest BCUT2D eigenvalue weighted by molar-refractivity contribution is 0.170. The van der Waals surface area contributed by atoms with Crippen LogP contribution in [0, 0.1) is 5.92 Å². The van der Waals surface area contributed by atoms with E-state index in [1.807, 2.05) is 38.1 Å². The van der Waals surface area contributed by atoms with Gasteiger partial charge in [0.05, 0.1) is 24.4 Å². The SMILES string of the molecule is COCC(Nc1ccccc1OC(C)C)C(C)C. The second-order valence-electron chi connectivity index (χ2n) is 5.11. The van der Waals surface area contributed by atoms with Gasteiger partial charge in [0.15, 0.2) is 0 Å². The average molecular weight is 251 g/mol. The van der Waals surface area contributed by atoms with E-state index in [0.29, 0.717) is 12.5 Å². The van der Waals surface area contributed by atoms with Gasteiger partial charge in [-0.3, -0.25) is 0 Å².